The summed E-state index contributed by atoms with van der Waals surface area (Å²) in [7, 11) is 4.49. The van der Waals surface area contributed by atoms with Crippen molar-refractivity contribution >= 4 is 22.9 Å². The lowest BCUT2D eigenvalue weighted by Gasteiger charge is -2.41. The van der Waals surface area contributed by atoms with E-state index in [4.69, 9.17) is 9.40 Å². The zero-order valence-corrected chi connectivity index (χ0v) is 28.5. The monoisotopic (exact) mass is 625 g/mol. The number of rotatable bonds is 12. The van der Waals surface area contributed by atoms with Crippen LogP contribution < -0.4 is 9.80 Å². The molecule has 0 spiro atoms. The van der Waals surface area contributed by atoms with E-state index < -0.39 is 0 Å². The highest BCUT2D eigenvalue weighted by Gasteiger charge is 2.38. The van der Waals surface area contributed by atoms with Gasteiger partial charge in [0.25, 0.3) is 0 Å². The summed E-state index contributed by atoms with van der Waals surface area (Å²) in [6, 6.07) is 26.8. The summed E-state index contributed by atoms with van der Waals surface area (Å²) in [4.78, 5) is 16.9. The van der Waals surface area contributed by atoms with Crippen LogP contribution >= 0.6 is 11.3 Å². The van der Waals surface area contributed by atoms with Gasteiger partial charge in [-0.3, -0.25) is 4.90 Å². The first-order chi connectivity index (χ1) is 22.1. The Labute approximate surface area is 274 Å². The molecule has 0 bridgehead atoms. The molecule has 3 heterocycles. The molecular formula is C38H51N5OS. The standard InChI is InChI=1S/C38H51N5OS/c1-5-41(6-2)36(31-21-19-30(20-22-31)35(40(3)4)34-18-13-27-45-34)37-39-33(28-29-14-9-7-10-15-29)38(44-37)43-25-23-42(24-26-43)32-16-11-8-12-17-32/h7-18,27,30-31,35-36H,5-6,19-26,28H2,1-4H3. The number of nitrogens with zero attached hydrogens (tertiary/aromatic N) is 5. The van der Waals surface area contributed by atoms with Gasteiger partial charge in [0.15, 0.2) is 0 Å². The summed E-state index contributed by atoms with van der Waals surface area (Å²) in [6.07, 6.45) is 5.71. The van der Waals surface area contributed by atoms with Crippen molar-refractivity contribution in [1.29, 1.82) is 0 Å². The molecule has 2 aromatic heterocycles. The Morgan fingerprint density at radius 3 is 1.96 bits per heavy atom. The van der Waals surface area contributed by atoms with Crippen LogP contribution in [0.2, 0.25) is 0 Å². The lowest BCUT2D eigenvalue weighted by atomic mass is 9.74. The molecule has 0 N–H and O–H groups in total. The van der Waals surface area contributed by atoms with E-state index in [0.29, 0.717) is 17.9 Å². The number of hydrogen-bond acceptors (Lipinski definition) is 7. The molecule has 7 heteroatoms. The van der Waals surface area contributed by atoms with E-state index >= 15 is 0 Å². The van der Waals surface area contributed by atoms with Crippen molar-refractivity contribution < 1.29 is 4.42 Å². The van der Waals surface area contributed by atoms with E-state index in [1.165, 1.54) is 41.8 Å². The van der Waals surface area contributed by atoms with Gasteiger partial charge in [0, 0.05) is 49.2 Å². The lowest BCUT2D eigenvalue weighted by molar-refractivity contribution is 0.0745. The van der Waals surface area contributed by atoms with E-state index in [9.17, 15) is 0 Å². The van der Waals surface area contributed by atoms with E-state index in [-0.39, 0.29) is 6.04 Å². The van der Waals surface area contributed by atoms with E-state index in [2.05, 4.69) is 126 Å². The minimum Gasteiger partial charge on any atom is -0.423 e. The minimum atomic E-state index is 0.203. The highest BCUT2D eigenvalue weighted by atomic mass is 32.1. The number of para-hydroxylation sites is 1. The zero-order chi connectivity index (χ0) is 31.2. The highest BCUT2D eigenvalue weighted by Crippen LogP contribution is 2.46. The van der Waals surface area contributed by atoms with E-state index in [1.807, 2.05) is 11.3 Å². The molecule has 2 atom stereocenters. The number of hydrogen-bond donors (Lipinski definition) is 0. The largest absolute Gasteiger partial charge is 0.423 e. The Bertz CT molecular complexity index is 1420. The molecule has 6 nitrogen and oxygen atoms in total. The first-order valence-corrected chi connectivity index (χ1v) is 18.0. The summed E-state index contributed by atoms with van der Waals surface area (Å²) in [6.45, 7) is 10.4. The maximum atomic E-state index is 6.99. The minimum absolute atomic E-state index is 0.203. The van der Waals surface area contributed by atoms with E-state index in [1.54, 1.807) is 0 Å². The average molecular weight is 626 g/mol. The van der Waals surface area contributed by atoms with Crippen LogP contribution in [-0.4, -0.2) is 68.1 Å². The Kier molecular flexibility index (Phi) is 10.6. The maximum Gasteiger partial charge on any atom is 0.220 e. The Hall–Kier alpha value is -3.13. The molecular weight excluding hydrogens is 575 g/mol. The third-order valence-electron chi connectivity index (χ3n) is 10.2. The predicted molar refractivity (Wildman–Crippen MR) is 188 cm³/mol. The summed E-state index contributed by atoms with van der Waals surface area (Å²) in [5, 5.41) is 2.22. The smallest absolute Gasteiger partial charge is 0.220 e. The second-order valence-corrected chi connectivity index (χ2v) is 14.0. The highest BCUT2D eigenvalue weighted by molar-refractivity contribution is 7.10. The fourth-order valence-corrected chi connectivity index (χ4v) is 8.88. The van der Waals surface area contributed by atoms with Crippen molar-refractivity contribution in [3.8, 4) is 0 Å². The van der Waals surface area contributed by atoms with Crippen LogP contribution in [0.1, 0.15) is 73.6 Å². The number of benzene rings is 2. The molecule has 240 valence electrons. The van der Waals surface area contributed by atoms with Gasteiger partial charge in [-0.25, -0.2) is 4.98 Å². The van der Waals surface area contributed by atoms with Crippen molar-refractivity contribution in [2.45, 2.75) is 58.0 Å². The Balaban J connectivity index is 1.25. The van der Waals surface area contributed by atoms with Gasteiger partial charge in [-0.15, -0.1) is 11.3 Å². The first kappa shape index (κ1) is 31.8. The van der Waals surface area contributed by atoms with Crippen molar-refractivity contribution in [2.75, 3.05) is 63.2 Å². The van der Waals surface area contributed by atoms with Crippen molar-refractivity contribution in [3.05, 3.63) is 100 Å². The van der Waals surface area contributed by atoms with Crippen molar-refractivity contribution in [3.63, 3.8) is 0 Å². The average Bonchev–Trinajstić information content (AvgIpc) is 3.76. The third kappa shape index (κ3) is 7.32. The molecule has 4 aromatic rings. The predicted octanol–water partition coefficient (Wildman–Crippen LogP) is 8.15. The Morgan fingerprint density at radius 2 is 1.38 bits per heavy atom. The van der Waals surface area contributed by atoms with Gasteiger partial charge in [-0.2, -0.15) is 0 Å². The fraction of sp³-hybridized carbons (Fsp3) is 0.500. The topological polar surface area (TPSA) is 39.0 Å². The van der Waals surface area contributed by atoms with E-state index in [0.717, 1.165) is 63.2 Å². The molecule has 1 saturated carbocycles. The van der Waals surface area contributed by atoms with Gasteiger partial charge in [-0.1, -0.05) is 68.4 Å². The molecule has 2 fully saturated rings. The third-order valence-corrected chi connectivity index (χ3v) is 11.1. The number of anilines is 2. The quantitative estimate of drug-likeness (QED) is 0.158. The number of aromatic nitrogens is 1. The van der Waals surface area contributed by atoms with Crippen LogP contribution in [0, 0.1) is 11.8 Å². The molecule has 2 unspecified atom stereocenters. The zero-order valence-electron chi connectivity index (χ0n) is 27.6. The second kappa shape index (κ2) is 15.0. The summed E-state index contributed by atoms with van der Waals surface area (Å²) >= 11 is 1.90. The van der Waals surface area contributed by atoms with Gasteiger partial charge in [0.2, 0.25) is 11.8 Å². The summed E-state index contributed by atoms with van der Waals surface area (Å²) in [5.74, 6) is 3.13. The molecule has 0 radical (unpaired) electrons. The van der Waals surface area contributed by atoms with Gasteiger partial charge < -0.3 is 19.1 Å². The van der Waals surface area contributed by atoms with Crippen LogP contribution in [0.15, 0.2) is 82.6 Å². The van der Waals surface area contributed by atoms with Crippen LogP contribution in [0.5, 0.6) is 0 Å². The van der Waals surface area contributed by atoms with Crippen molar-refractivity contribution in [2.24, 2.45) is 11.8 Å². The number of thiophene rings is 1. The van der Waals surface area contributed by atoms with Gasteiger partial charge in [0.1, 0.15) is 5.69 Å². The summed E-state index contributed by atoms with van der Waals surface area (Å²) in [5.41, 5.74) is 3.66. The van der Waals surface area contributed by atoms with Gasteiger partial charge in [-0.05, 0) is 93.8 Å². The lowest BCUT2D eigenvalue weighted by Crippen LogP contribution is -2.46. The van der Waals surface area contributed by atoms with Crippen LogP contribution in [0.3, 0.4) is 0 Å². The van der Waals surface area contributed by atoms with Gasteiger partial charge in [0.05, 0.1) is 6.04 Å². The molecule has 45 heavy (non-hydrogen) atoms. The molecule has 2 aliphatic rings. The Morgan fingerprint density at radius 1 is 0.778 bits per heavy atom. The first-order valence-electron chi connectivity index (χ1n) is 17.1. The maximum absolute atomic E-state index is 6.99. The molecule has 1 aliphatic carbocycles. The fourth-order valence-electron chi connectivity index (χ4n) is 7.86. The molecule has 2 aromatic carbocycles. The number of piperazine rings is 1. The van der Waals surface area contributed by atoms with Crippen molar-refractivity contribution in [1.82, 2.24) is 14.8 Å². The number of oxazole rings is 1. The molecule has 6 rings (SSSR count). The molecule has 1 aliphatic heterocycles. The van der Waals surface area contributed by atoms with Crippen LogP contribution in [0.25, 0.3) is 0 Å². The second-order valence-electron chi connectivity index (χ2n) is 13.0. The summed E-state index contributed by atoms with van der Waals surface area (Å²) < 4.78 is 6.99. The molecule has 0 amide bonds. The normalized spacial score (nSPS) is 20.6. The SMILES string of the molecule is CCN(CC)C(c1nc(Cc2ccccc2)c(N2CCN(c3ccccc3)CC2)o1)C1CCC(C(c2cccs2)N(C)C)CC1. The van der Waals surface area contributed by atoms with Crippen LogP contribution in [0.4, 0.5) is 11.6 Å². The van der Waals surface area contributed by atoms with Crippen LogP contribution in [-0.2, 0) is 6.42 Å². The molecule has 1 saturated heterocycles. The van der Waals surface area contributed by atoms with Gasteiger partial charge >= 0.3 is 0 Å².